The molecule has 3 aromatic rings. The van der Waals surface area contributed by atoms with E-state index in [-0.39, 0.29) is 11.5 Å². The summed E-state index contributed by atoms with van der Waals surface area (Å²) in [6.45, 7) is 0. The number of aromatic nitrogens is 3. The normalized spacial score (nSPS) is 11.8. The lowest BCUT2D eigenvalue weighted by Gasteiger charge is -2.12. The van der Waals surface area contributed by atoms with Crippen LogP contribution in [0.25, 0.3) is 16.8 Å². The van der Waals surface area contributed by atoms with Crippen LogP contribution in [0.1, 0.15) is 5.56 Å². The van der Waals surface area contributed by atoms with Crippen LogP contribution in [0.5, 0.6) is 5.88 Å². The SMILES string of the molecule is COc1ncccc1-c1cc(C(F)(F)F)c2nccn2c1. The van der Waals surface area contributed by atoms with Gasteiger partial charge < -0.3 is 9.14 Å². The van der Waals surface area contributed by atoms with Crippen LogP contribution in [0.15, 0.2) is 43.0 Å². The van der Waals surface area contributed by atoms with E-state index in [9.17, 15) is 13.2 Å². The molecule has 3 aromatic heterocycles. The number of ether oxygens (including phenoxy) is 1. The second-order valence-electron chi connectivity index (χ2n) is 4.36. The third-order valence-corrected chi connectivity index (χ3v) is 3.07. The van der Waals surface area contributed by atoms with Crippen LogP contribution < -0.4 is 4.74 Å². The molecule has 0 aliphatic heterocycles. The average Bonchev–Trinajstić information content (AvgIpc) is 2.93. The summed E-state index contributed by atoms with van der Waals surface area (Å²) < 4.78 is 46.0. The smallest absolute Gasteiger partial charge is 0.420 e. The molecule has 3 rings (SSSR count). The molecule has 0 fully saturated rings. The van der Waals surface area contributed by atoms with E-state index in [1.807, 2.05) is 0 Å². The second kappa shape index (κ2) is 4.76. The zero-order chi connectivity index (χ0) is 15.0. The van der Waals surface area contributed by atoms with Gasteiger partial charge in [0.05, 0.1) is 12.7 Å². The highest BCUT2D eigenvalue weighted by Crippen LogP contribution is 2.36. The Morgan fingerprint density at radius 3 is 2.71 bits per heavy atom. The van der Waals surface area contributed by atoms with Crippen molar-refractivity contribution in [3.8, 4) is 17.0 Å². The maximum absolute atomic E-state index is 13.2. The number of alkyl halides is 3. The molecule has 0 aromatic carbocycles. The summed E-state index contributed by atoms with van der Waals surface area (Å²) in [5, 5.41) is 0. The number of nitrogens with zero attached hydrogens (tertiary/aromatic N) is 3. The molecule has 7 heteroatoms. The zero-order valence-electron chi connectivity index (χ0n) is 10.9. The van der Waals surface area contributed by atoms with Crippen LogP contribution in [-0.2, 0) is 6.18 Å². The number of imidazole rings is 1. The van der Waals surface area contributed by atoms with Gasteiger partial charge in [-0.2, -0.15) is 13.2 Å². The summed E-state index contributed by atoms with van der Waals surface area (Å²) in [6.07, 6.45) is 1.39. The van der Waals surface area contributed by atoms with Gasteiger partial charge in [0.25, 0.3) is 0 Å². The predicted molar refractivity (Wildman–Crippen MR) is 70.0 cm³/mol. The van der Waals surface area contributed by atoms with Crippen LogP contribution in [0, 0.1) is 0 Å². The summed E-state index contributed by atoms with van der Waals surface area (Å²) >= 11 is 0. The molecule has 0 atom stereocenters. The van der Waals surface area contributed by atoms with Crippen molar-refractivity contribution in [2.75, 3.05) is 7.11 Å². The van der Waals surface area contributed by atoms with Gasteiger partial charge in [0.15, 0.2) is 0 Å². The van der Waals surface area contributed by atoms with Crippen molar-refractivity contribution < 1.29 is 17.9 Å². The van der Waals surface area contributed by atoms with Crippen LogP contribution in [-0.4, -0.2) is 21.5 Å². The van der Waals surface area contributed by atoms with Crippen molar-refractivity contribution in [1.82, 2.24) is 14.4 Å². The molecular weight excluding hydrogens is 283 g/mol. The molecule has 0 spiro atoms. The predicted octanol–water partition coefficient (Wildman–Crippen LogP) is 3.42. The number of hydrogen-bond donors (Lipinski definition) is 0. The van der Waals surface area contributed by atoms with Gasteiger partial charge >= 0.3 is 6.18 Å². The van der Waals surface area contributed by atoms with E-state index in [1.165, 1.54) is 30.1 Å². The lowest BCUT2D eigenvalue weighted by molar-refractivity contribution is -0.136. The van der Waals surface area contributed by atoms with Crippen molar-refractivity contribution in [2.45, 2.75) is 6.18 Å². The van der Waals surface area contributed by atoms with Crippen LogP contribution in [0.3, 0.4) is 0 Å². The van der Waals surface area contributed by atoms with E-state index < -0.39 is 11.7 Å². The molecule has 0 radical (unpaired) electrons. The maximum Gasteiger partial charge on any atom is 0.420 e. The molecule has 0 amide bonds. The first-order valence-corrected chi connectivity index (χ1v) is 6.04. The van der Waals surface area contributed by atoms with Crippen LogP contribution in [0.2, 0.25) is 0 Å². The Morgan fingerprint density at radius 1 is 1.19 bits per heavy atom. The van der Waals surface area contributed by atoms with Gasteiger partial charge in [0.2, 0.25) is 5.88 Å². The van der Waals surface area contributed by atoms with Crippen LogP contribution in [0.4, 0.5) is 13.2 Å². The van der Waals surface area contributed by atoms with Gasteiger partial charge in [-0.05, 0) is 18.2 Å². The Bertz CT molecular complexity index is 796. The Morgan fingerprint density at radius 2 is 2.00 bits per heavy atom. The molecule has 0 aliphatic carbocycles. The summed E-state index contributed by atoms with van der Waals surface area (Å²) in [7, 11) is 1.42. The number of pyridine rings is 2. The molecule has 0 unspecified atom stereocenters. The number of hydrogen-bond acceptors (Lipinski definition) is 3. The van der Waals surface area contributed by atoms with Gasteiger partial charge in [-0.25, -0.2) is 9.97 Å². The standard InChI is InChI=1S/C14H10F3N3O/c1-21-13-10(3-2-4-19-13)9-7-11(14(15,16)17)12-18-5-6-20(12)8-9/h2-8H,1H3. The number of methoxy groups -OCH3 is 1. The van der Waals surface area contributed by atoms with Crippen molar-refractivity contribution in [3.05, 3.63) is 48.5 Å². The first-order chi connectivity index (χ1) is 10.0. The molecule has 0 aliphatic rings. The lowest BCUT2D eigenvalue weighted by atomic mass is 10.1. The van der Waals surface area contributed by atoms with E-state index in [2.05, 4.69) is 9.97 Å². The van der Waals surface area contributed by atoms with Gasteiger partial charge in [0, 0.05) is 35.9 Å². The van der Waals surface area contributed by atoms with Crippen molar-refractivity contribution in [3.63, 3.8) is 0 Å². The first kappa shape index (κ1) is 13.4. The van der Waals surface area contributed by atoms with Crippen molar-refractivity contribution in [1.29, 1.82) is 0 Å². The zero-order valence-corrected chi connectivity index (χ0v) is 10.9. The van der Waals surface area contributed by atoms with E-state index in [4.69, 9.17) is 4.74 Å². The molecule has 21 heavy (non-hydrogen) atoms. The summed E-state index contributed by atoms with van der Waals surface area (Å²) in [4.78, 5) is 7.76. The van der Waals surface area contributed by atoms with E-state index >= 15 is 0 Å². The molecule has 4 nitrogen and oxygen atoms in total. The van der Waals surface area contributed by atoms with Gasteiger partial charge in [-0.15, -0.1) is 0 Å². The Kier molecular flexibility index (Phi) is 3.04. The number of fused-ring (bicyclic) bond motifs is 1. The fourth-order valence-electron chi connectivity index (χ4n) is 2.16. The largest absolute Gasteiger partial charge is 0.481 e. The van der Waals surface area contributed by atoms with Crippen molar-refractivity contribution in [2.24, 2.45) is 0 Å². The highest BCUT2D eigenvalue weighted by molar-refractivity contribution is 5.71. The lowest BCUT2D eigenvalue weighted by Crippen LogP contribution is -2.08. The quantitative estimate of drug-likeness (QED) is 0.726. The maximum atomic E-state index is 13.2. The minimum Gasteiger partial charge on any atom is -0.481 e. The summed E-state index contributed by atoms with van der Waals surface area (Å²) in [5.74, 6) is 0.269. The number of rotatable bonds is 2. The fourth-order valence-corrected chi connectivity index (χ4v) is 2.16. The minimum atomic E-state index is -4.49. The third-order valence-electron chi connectivity index (χ3n) is 3.07. The number of halogens is 3. The Labute approximate surface area is 117 Å². The monoisotopic (exact) mass is 293 g/mol. The summed E-state index contributed by atoms with van der Waals surface area (Å²) in [5.41, 5.74) is -0.0797. The third kappa shape index (κ3) is 2.31. The van der Waals surface area contributed by atoms with Crippen LogP contribution >= 0.6 is 0 Å². The van der Waals surface area contributed by atoms with E-state index in [1.54, 1.807) is 18.3 Å². The van der Waals surface area contributed by atoms with Gasteiger partial charge in [-0.3, -0.25) is 0 Å². The second-order valence-corrected chi connectivity index (χ2v) is 4.36. The Balaban J connectivity index is 2.29. The highest BCUT2D eigenvalue weighted by Gasteiger charge is 2.34. The van der Waals surface area contributed by atoms with Crippen molar-refractivity contribution >= 4 is 5.65 Å². The van der Waals surface area contributed by atoms with Gasteiger partial charge in [-0.1, -0.05) is 0 Å². The Hall–Kier alpha value is -2.57. The van der Waals surface area contributed by atoms with Gasteiger partial charge in [0.1, 0.15) is 5.65 Å². The first-order valence-electron chi connectivity index (χ1n) is 6.04. The molecule has 0 saturated heterocycles. The molecular formula is C14H10F3N3O. The highest BCUT2D eigenvalue weighted by atomic mass is 19.4. The topological polar surface area (TPSA) is 39.4 Å². The average molecular weight is 293 g/mol. The molecule has 108 valence electrons. The van der Waals surface area contributed by atoms with E-state index in [0.29, 0.717) is 11.1 Å². The molecule has 3 heterocycles. The molecule has 0 bridgehead atoms. The molecule has 0 N–H and O–H groups in total. The molecule has 0 saturated carbocycles. The van der Waals surface area contributed by atoms with E-state index in [0.717, 1.165) is 6.07 Å². The fraction of sp³-hybridized carbons (Fsp3) is 0.143. The summed E-state index contributed by atoms with van der Waals surface area (Å²) in [6, 6.07) is 4.36. The minimum absolute atomic E-state index is 0.130.